The first kappa shape index (κ1) is 14.0. The Bertz CT molecular complexity index is 630. The molecule has 0 saturated carbocycles. The van der Waals surface area contributed by atoms with E-state index >= 15 is 0 Å². The van der Waals surface area contributed by atoms with Crippen LogP contribution in [0.5, 0.6) is 0 Å². The molecule has 0 aliphatic heterocycles. The van der Waals surface area contributed by atoms with Gasteiger partial charge in [0.05, 0.1) is 11.3 Å². The van der Waals surface area contributed by atoms with Crippen molar-refractivity contribution in [2.45, 2.75) is 6.54 Å². The number of amides is 1. The zero-order valence-electron chi connectivity index (χ0n) is 9.54. The fourth-order valence-corrected chi connectivity index (χ4v) is 2.89. The summed E-state index contributed by atoms with van der Waals surface area (Å²) in [6, 6.07) is 3.61. The Morgan fingerprint density at radius 3 is 2.63 bits per heavy atom. The van der Waals surface area contributed by atoms with Crippen molar-refractivity contribution >= 4 is 38.9 Å². The van der Waals surface area contributed by atoms with Gasteiger partial charge in [-0.15, -0.1) is 11.3 Å². The molecule has 19 heavy (non-hydrogen) atoms. The molecule has 0 bridgehead atoms. The number of primary amides is 1. The fraction of sp³-hybridized carbons (Fsp3) is 0.0833. The molecule has 3 N–H and O–H groups in total. The molecule has 2 rings (SSSR count). The van der Waals surface area contributed by atoms with Crippen LogP contribution in [-0.4, -0.2) is 5.91 Å². The fourth-order valence-electron chi connectivity index (χ4n) is 1.50. The Balaban J connectivity index is 2.20. The molecule has 0 unspecified atom stereocenters. The van der Waals surface area contributed by atoms with Crippen LogP contribution in [0.3, 0.4) is 0 Å². The Hall–Kier alpha value is -1.47. The van der Waals surface area contributed by atoms with E-state index in [-0.39, 0.29) is 11.3 Å². The molecule has 0 aliphatic rings. The number of hydrogen-bond donors (Lipinski definition) is 2. The number of carbonyl (C=O) groups is 1. The Kier molecular flexibility index (Phi) is 4.16. The minimum atomic E-state index is -0.964. The standard InChI is InChI=1S/C12H9BrF2N2OS/c13-6-1-7(19-5-6)4-17-11-2-8(12(16)18)9(14)3-10(11)15/h1-3,5,17H,4H2,(H2,16,18). The van der Waals surface area contributed by atoms with Gasteiger partial charge in [-0.2, -0.15) is 0 Å². The van der Waals surface area contributed by atoms with Crippen molar-refractivity contribution in [1.82, 2.24) is 0 Å². The number of benzene rings is 1. The molecule has 0 saturated heterocycles. The van der Waals surface area contributed by atoms with E-state index in [4.69, 9.17) is 5.73 Å². The van der Waals surface area contributed by atoms with Crippen LogP contribution in [0.2, 0.25) is 0 Å². The Morgan fingerprint density at radius 2 is 2.05 bits per heavy atom. The molecule has 1 aromatic carbocycles. The van der Waals surface area contributed by atoms with E-state index in [0.717, 1.165) is 15.4 Å². The molecular formula is C12H9BrF2N2OS. The summed E-state index contributed by atoms with van der Waals surface area (Å²) in [6.45, 7) is 0.372. The molecule has 0 aliphatic carbocycles. The normalized spacial score (nSPS) is 10.5. The van der Waals surface area contributed by atoms with Gasteiger partial charge < -0.3 is 11.1 Å². The number of hydrogen-bond acceptors (Lipinski definition) is 3. The summed E-state index contributed by atoms with van der Waals surface area (Å²) in [7, 11) is 0. The number of halogens is 3. The smallest absolute Gasteiger partial charge is 0.251 e. The van der Waals surface area contributed by atoms with Crippen molar-refractivity contribution < 1.29 is 13.6 Å². The summed E-state index contributed by atoms with van der Waals surface area (Å²) in [4.78, 5) is 12.0. The second-order valence-corrected chi connectivity index (χ2v) is 5.67. The number of nitrogens with one attached hydrogen (secondary N) is 1. The molecule has 1 heterocycles. The summed E-state index contributed by atoms with van der Waals surface area (Å²) in [5.41, 5.74) is 4.72. The van der Waals surface area contributed by atoms with Crippen molar-refractivity contribution in [2.24, 2.45) is 5.73 Å². The van der Waals surface area contributed by atoms with Gasteiger partial charge in [-0.05, 0) is 28.1 Å². The quantitative estimate of drug-likeness (QED) is 0.890. The van der Waals surface area contributed by atoms with Crippen molar-refractivity contribution in [3.63, 3.8) is 0 Å². The second kappa shape index (κ2) is 5.66. The lowest BCUT2D eigenvalue weighted by molar-refractivity contribution is 0.0996. The molecular weight excluding hydrogens is 338 g/mol. The first-order valence-electron chi connectivity index (χ1n) is 5.23. The third kappa shape index (κ3) is 3.30. The average Bonchev–Trinajstić information content (AvgIpc) is 2.73. The lowest BCUT2D eigenvalue weighted by Crippen LogP contribution is -2.14. The van der Waals surface area contributed by atoms with Gasteiger partial charge in [0.1, 0.15) is 11.6 Å². The monoisotopic (exact) mass is 346 g/mol. The van der Waals surface area contributed by atoms with Crippen LogP contribution in [0, 0.1) is 11.6 Å². The molecule has 100 valence electrons. The zero-order chi connectivity index (χ0) is 14.0. The van der Waals surface area contributed by atoms with Gasteiger partial charge in [0, 0.05) is 27.3 Å². The highest BCUT2D eigenvalue weighted by Crippen LogP contribution is 2.23. The summed E-state index contributed by atoms with van der Waals surface area (Å²) in [6.07, 6.45) is 0. The van der Waals surface area contributed by atoms with Gasteiger partial charge in [-0.3, -0.25) is 4.79 Å². The van der Waals surface area contributed by atoms with E-state index < -0.39 is 17.5 Å². The topological polar surface area (TPSA) is 55.1 Å². The third-order valence-electron chi connectivity index (χ3n) is 2.40. The van der Waals surface area contributed by atoms with E-state index in [0.29, 0.717) is 12.6 Å². The average molecular weight is 347 g/mol. The lowest BCUT2D eigenvalue weighted by Gasteiger charge is -2.08. The van der Waals surface area contributed by atoms with Gasteiger partial charge in [0.25, 0.3) is 5.91 Å². The van der Waals surface area contributed by atoms with E-state index in [9.17, 15) is 13.6 Å². The van der Waals surface area contributed by atoms with Crippen LogP contribution in [0.25, 0.3) is 0 Å². The van der Waals surface area contributed by atoms with E-state index in [2.05, 4.69) is 21.2 Å². The van der Waals surface area contributed by atoms with Crippen LogP contribution in [0.1, 0.15) is 15.2 Å². The van der Waals surface area contributed by atoms with Crippen LogP contribution in [0.4, 0.5) is 14.5 Å². The maximum absolute atomic E-state index is 13.5. The van der Waals surface area contributed by atoms with Gasteiger partial charge >= 0.3 is 0 Å². The molecule has 0 fully saturated rings. The van der Waals surface area contributed by atoms with Crippen LogP contribution >= 0.6 is 27.3 Å². The third-order valence-corrected chi connectivity index (χ3v) is 4.09. The highest BCUT2D eigenvalue weighted by molar-refractivity contribution is 9.10. The molecule has 2 aromatic rings. The van der Waals surface area contributed by atoms with Crippen molar-refractivity contribution in [3.8, 4) is 0 Å². The molecule has 1 amide bonds. The molecule has 0 radical (unpaired) electrons. The minimum Gasteiger partial charge on any atom is -0.378 e. The van der Waals surface area contributed by atoms with E-state index in [1.807, 2.05) is 11.4 Å². The molecule has 0 spiro atoms. The van der Waals surface area contributed by atoms with Crippen molar-refractivity contribution in [1.29, 1.82) is 0 Å². The van der Waals surface area contributed by atoms with Crippen LogP contribution in [-0.2, 0) is 6.54 Å². The Labute approximate surface area is 120 Å². The maximum Gasteiger partial charge on any atom is 0.251 e. The van der Waals surface area contributed by atoms with Crippen molar-refractivity contribution in [2.75, 3.05) is 5.32 Å². The number of carbonyl (C=O) groups excluding carboxylic acids is 1. The SMILES string of the molecule is NC(=O)c1cc(NCc2cc(Br)cs2)c(F)cc1F. The van der Waals surface area contributed by atoms with Gasteiger partial charge in [-0.25, -0.2) is 8.78 Å². The lowest BCUT2D eigenvalue weighted by atomic mass is 10.1. The Morgan fingerprint density at radius 1 is 1.32 bits per heavy atom. The predicted molar refractivity (Wildman–Crippen MR) is 74.2 cm³/mol. The first-order valence-corrected chi connectivity index (χ1v) is 6.90. The minimum absolute atomic E-state index is 0.0414. The summed E-state index contributed by atoms with van der Waals surface area (Å²) in [5, 5.41) is 4.70. The first-order chi connectivity index (χ1) is 8.97. The summed E-state index contributed by atoms with van der Waals surface area (Å²) < 4.78 is 27.8. The maximum atomic E-state index is 13.5. The van der Waals surface area contributed by atoms with Gasteiger partial charge in [0.15, 0.2) is 0 Å². The highest BCUT2D eigenvalue weighted by atomic mass is 79.9. The predicted octanol–water partition coefficient (Wildman–Crippen LogP) is 3.50. The zero-order valence-corrected chi connectivity index (χ0v) is 11.9. The van der Waals surface area contributed by atoms with Gasteiger partial charge in [0.2, 0.25) is 0 Å². The van der Waals surface area contributed by atoms with Gasteiger partial charge in [-0.1, -0.05) is 0 Å². The van der Waals surface area contributed by atoms with Crippen LogP contribution < -0.4 is 11.1 Å². The summed E-state index contributed by atoms with van der Waals surface area (Å²) >= 11 is 4.80. The molecule has 1 aromatic heterocycles. The largest absolute Gasteiger partial charge is 0.378 e. The number of anilines is 1. The van der Waals surface area contributed by atoms with Crippen molar-refractivity contribution in [3.05, 3.63) is 50.1 Å². The molecule has 3 nitrogen and oxygen atoms in total. The van der Waals surface area contributed by atoms with Crippen LogP contribution in [0.15, 0.2) is 28.1 Å². The number of thiophene rings is 1. The highest BCUT2D eigenvalue weighted by Gasteiger charge is 2.13. The molecule has 7 heteroatoms. The number of rotatable bonds is 4. The summed E-state index contributed by atoms with van der Waals surface area (Å²) in [5.74, 6) is -2.66. The molecule has 0 atom stereocenters. The van der Waals surface area contributed by atoms with E-state index in [1.165, 1.54) is 11.3 Å². The second-order valence-electron chi connectivity index (χ2n) is 3.76. The van der Waals surface area contributed by atoms with E-state index in [1.54, 1.807) is 0 Å². The number of nitrogens with two attached hydrogens (primary N) is 1.